The summed E-state index contributed by atoms with van der Waals surface area (Å²) in [7, 11) is 0. The highest BCUT2D eigenvalue weighted by atomic mass is 16.4. The van der Waals surface area contributed by atoms with Crippen molar-refractivity contribution in [1.29, 1.82) is 0 Å². The molecule has 7 heteroatoms. The number of carboxylic acid groups (broad SMARTS) is 1. The fourth-order valence-electron chi connectivity index (χ4n) is 0.992. The molecule has 0 fully saturated rings. The summed E-state index contributed by atoms with van der Waals surface area (Å²) in [5.41, 5.74) is 4.63. The Morgan fingerprint density at radius 1 is 1.29 bits per heavy atom. The maximum Gasteiger partial charge on any atom is 0.326 e. The van der Waals surface area contributed by atoms with Gasteiger partial charge in [0.05, 0.1) is 13.0 Å². The lowest BCUT2D eigenvalue weighted by atomic mass is 10.1. The van der Waals surface area contributed by atoms with E-state index in [2.05, 4.69) is 10.6 Å². The van der Waals surface area contributed by atoms with E-state index >= 15 is 0 Å². The van der Waals surface area contributed by atoms with Gasteiger partial charge in [0.25, 0.3) is 0 Å². The Labute approximate surface area is 99.7 Å². The molecule has 0 aromatic carbocycles. The number of nitrogens with one attached hydrogen (secondary N) is 2. The van der Waals surface area contributed by atoms with E-state index < -0.39 is 30.2 Å². The molecule has 0 bridgehead atoms. The highest BCUT2D eigenvalue weighted by molar-refractivity contribution is 5.88. The lowest BCUT2D eigenvalue weighted by Crippen LogP contribution is -2.49. The summed E-state index contributed by atoms with van der Waals surface area (Å²) < 4.78 is 0. The minimum absolute atomic E-state index is 0.0218. The van der Waals surface area contributed by atoms with Crippen molar-refractivity contribution in [2.45, 2.75) is 38.8 Å². The Morgan fingerprint density at radius 2 is 1.82 bits per heavy atom. The first-order valence-corrected chi connectivity index (χ1v) is 5.17. The van der Waals surface area contributed by atoms with Gasteiger partial charge in [-0.2, -0.15) is 0 Å². The smallest absolute Gasteiger partial charge is 0.326 e. The van der Waals surface area contributed by atoms with Crippen molar-refractivity contribution in [3.8, 4) is 0 Å². The normalized spacial score (nSPS) is 12.9. The molecule has 17 heavy (non-hydrogen) atoms. The first-order chi connectivity index (χ1) is 7.61. The summed E-state index contributed by atoms with van der Waals surface area (Å²) in [4.78, 5) is 32.7. The van der Waals surface area contributed by atoms with Crippen LogP contribution in [0.2, 0.25) is 0 Å². The van der Waals surface area contributed by atoms with Gasteiger partial charge in [-0.15, -0.1) is 0 Å². The van der Waals surface area contributed by atoms with E-state index in [4.69, 9.17) is 10.8 Å². The average molecular weight is 245 g/mol. The van der Waals surface area contributed by atoms with Crippen molar-refractivity contribution in [2.24, 2.45) is 5.73 Å². The van der Waals surface area contributed by atoms with Gasteiger partial charge in [-0.1, -0.05) is 0 Å². The third-order valence-corrected chi connectivity index (χ3v) is 1.82. The predicted octanol–water partition coefficient (Wildman–Crippen LogP) is -1.18. The van der Waals surface area contributed by atoms with Crippen molar-refractivity contribution in [3.05, 3.63) is 0 Å². The maximum absolute atomic E-state index is 11.4. The number of carbonyl (C=O) groups is 3. The molecule has 0 aliphatic carbocycles. The van der Waals surface area contributed by atoms with Crippen LogP contribution in [-0.2, 0) is 14.4 Å². The zero-order valence-electron chi connectivity index (χ0n) is 10.2. The molecule has 0 aromatic rings. The van der Waals surface area contributed by atoms with Crippen LogP contribution in [0.3, 0.4) is 0 Å². The Bertz CT molecular complexity index is 309. The summed E-state index contributed by atoms with van der Waals surface area (Å²) in [6.07, 6.45) is -0.420. The number of rotatable bonds is 6. The van der Waals surface area contributed by atoms with Gasteiger partial charge >= 0.3 is 5.97 Å². The van der Waals surface area contributed by atoms with Gasteiger partial charge < -0.3 is 21.5 Å². The van der Waals surface area contributed by atoms with Crippen LogP contribution >= 0.6 is 0 Å². The van der Waals surface area contributed by atoms with Crippen molar-refractivity contribution >= 4 is 17.8 Å². The first kappa shape index (κ1) is 15.4. The Morgan fingerprint density at radius 3 is 2.18 bits per heavy atom. The first-order valence-electron chi connectivity index (χ1n) is 5.17. The van der Waals surface area contributed by atoms with E-state index in [1.54, 1.807) is 0 Å². The zero-order valence-corrected chi connectivity index (χ0v) is 10.2. The molecule has 1 unspecified atom stereocenters. The second kappa shape index (κ2) is 6.19. The molecule has 0 aromatic heterocycles. The molecular formula is C10H19N3O4. The van der Waals surface area contributed by atoms with Gasteiger partial charge in [-0.05, 0) is 20.8 Å². The monoisotopic (exact) mass is 245 g/mol. The fourth-order valence-corrected chi connectivity index (χ4v) is 0.992. The molecule has 0 aliphatic rings. The number of carboxylic acids is 1. The number of amides is 2. The SMILES string of the molecule is CC(C)(C)NCC(=O)NC(CC(N)=O)C(=O)O. The third-order valence-electron chi connectivity index (χ3n) is 1.82. The largest absolute Gasteiger partial charge is 0.480 e. The summed E-state index contributed by atoms with van der Waals surface area (Å²) in [5, 5.41) is 13.9. The summed E-state index contributed by atoms with van der Waals surface area (Å²) >= 11 is 0. The quantitative estimate of drug-likeness (QED) is 0.469. The standard InChI is InChI=1S/C10H19N3O4/c1-10(2,3)12-5-8(15)13-6(9(16)17)4-7(11)14/h6,12H,4-5H2,1-3H3,(H2,11,14)(H,13,15)(H,16,17). The van der Waals surface area contributed by atoms with Crippen LogP contribution in [0.1, 0.15) is 27.2 Å². The Hall–Kier alpha value is -1.63. The maximum atomic E-state index is 11.4. The molecule has 0 aliphatic heterocycles. The Balaban J connectivity index is 4.22. The van der Waals surface area contributed by atoms with Crippen LogP contribution in [-0.4, -0.2) is 41.0 Å². The van der Waals surface area contributed by atoms with Crippen molar-refractivity contribution in [1.82, 2.24) is 10.6 Å². The Kier molecular flexibility index (Phi) is 5.60. The van der Waals surface area contributed by atoms with Crippen molar-refractivity contribution < 1.29 is 19.5 Å². The molecular weight excluding hydrogens is 226 g/mol. The second-order valence-corrected chi connectivity index (χ2v) is 4.73. The number of hydrogen-bond donors (Lipinski definition) is 4. The predicted molar refractivity (Wildman–Crippen MR) is 61.1 cm³/mol. The van der Waals surface area contributed by atoms with Crippen LogP contribution < -0.4 is 16.4 Å². The summed E-state index contributed by atoms with van der Waals surface area (Å²) in [6.45, 7) is 5.60. The van der Waals surface area contributed by atoms with E-state index in [0.717, 1.165) is 0 Å². The van der Waals surface area contributed by atoms with Crippen molar-refractivity contribution in [3.63, 3.8) is 0 Å². The number of carbonyl (C=O) groups excluding carboxylic acids is 2. The number of primary amides is 1. The third kappa shape index (κ3) is 8.21. The average Bonchev–Trinajstić information content (AvgIpc) is 2.11. The molecule has 98 valence electrons. The highest BCUT2D eigenvalue weighted by Crippen LogP contribution is 1.97. The lowest BCUT2D eigenvalue weighted by Gasteiger charge is -2.21. The van der Waals surface area contributed by atoms with E-state index in [0.29, 0.717) is 0 Å². The van der Waals surface area contributed by atoms with Crippen LogP contribution in [0.4, 0.5) is 0 Å². The molecule has 0 saturated heterocycles. The molecule has 7 nitrogen and oxygen atoms in total. The van der Waals surface area contributed by atoms with Gasteiger partial charge in [-0.25, -0.2) is 4.79 Å². The fraction of sp³-hybridized carbons (Fsp3) is 0.700. The molecule has 0 radical (unpaired) electrons. The minimum Gasteiger partial charge on any atom is -0.480 e. The van der Waals surface area contributed by atoms with E-state index in [-0.39, 0.29) is 12.1 Å². The molecule has 0 heterocycles. The van der Waals surface area contributed by atoms with Gasteiger partial charge in [-0.3, -0.25) is 9.59 Å². The number of nitrogens with two attached hydrogens (primary N) is 1. The van der Waals surface area contributed by atoms with Gasteiger partial charge in [0.15, 0.2) is 0 Å². The second-order valence-electron chi connectivity index (χ2n) is 4.73. The minimum atomic E-state index is -1.28. The van der Waals surface area contributed by atoms with Crippen molar-refractivity contribution in [2.75, 3.05) is 6.54 Å². The summed E-state index contributed by atoms with van der Waals surface area (Å²) in [6, 6.07) is -1.28. The molecule has 0 rings (SSSR count). The van der Waals surface area contributed by atoms with Gasteiger partial charge in [0.1, 0.15) is 6.04 Å². The van der Waals surface area contributed by atoms with Gasteiger partial charge in [0, 0.05) is 5.54 Å². The molecule has 0 saturated carbocycles. The van der Waals surface area contributed by atoms with E-state index in [1.807, 2.05) is 20.8 Å². The molecule has 5 N–H and O–H groups in total. The zero-order chi connectivity index (χ0) is 13.6. The number of hydrogen-bond acceptors (Lipinski definition) is 4. The van der Waals surface area contributed by atoms with E-state index in [9.17, 15) is 14.4 Å². The van der Waals surface area contributed by atoms with Crippen LogP contribution in [0.25, 0.3) is 0 Å². The van der Waals surface area contributed by atoms with Crippen LogP contribution in [0.5, 0.6) is 0 Å². The lowest BCUT2D eigenvalue weighted by molar-refractivity contribution is -0.143. The topological polar surface area (TPSA) is 122 Å². The highest BCUT2D eigenvalue weighted by Gasteiger charge is 2.22. The van der Waals surface area contributed by atoms with Gasteiger partial charge in [0.2, 0.25) is 11.8 Å². The van der Waals surface area contributed by atoms with Crippen LogP contribution in [0, 0.1) is 0 Å². The summed E-state index contributed by atoms with van der Waals surface area (Å²) in [5.74, 6) is -2.55. The van der Waals surface area contributed by atoms with Crippen LogP contribution in [0.15, 0.2) is 0 Å². The number of aliphatic carboxylic acids is 1. The molecule has 2 amide bonds. The molecule has 0 spiro atoms. The van der Waals surface area contributed by atoms with E-state index in [1.165, 1.54) is 0 Å². The molecule has 1 atom stereocenters.